The molecule has 1 aromatic rings. The minimum absolute atomic E-state index is 0.0456. The molecule has 2 heterocycles. The fourth-order valence-electron chi connectivity index (χ4n) is 3.00. The van der Waals surface area contributed by atoms with Gasteiger partial charge in [0.1, 0.15) is 24.0 Å². The van der Waals surface area contributed by atoms with E-state index in [0.29, 0.717) is 16.8 Å². The van der Waals surface area contributed by atoms with Crippen LogP contribution in [0.4, 0.5) is 0 Å². The molecule has 0 bridgehead atoms. The van der Waals surface area contributed by atoms with Crippen molar-refractivity contribution in [1.29, 1.82) is 0 Å². The van der Waals surface area contributed by atoms with Gasteiger partial charge in [0.15, 0.2) is 5.43 Å². The van der Waals surface area contributed by atoms with Crippen LogP contribution in [0.1, 0.15) is 5.56 Å². The minimum Gasteiger partial charge on any atom is -0.394 e. The molecule has 0 saturated carbocycles. The second-order valence-corrected chi connectivity index (χ2v) is 6.41. The van der Waals surface area contributed by atoms with Crippen LogP contribution >= 0.6 is 0 Å². The second kappa shape index (κ2) is 7.08. The Bertz CT molecular complexity index is 1130. The van der Waals surface area contributed by atoms with Crippen molar-refractivity contribution in [3.05, 3.63) is 54.8 Å². The van der Waals surface area contributed by atoms with Gasteiger partial charge in [-0.3, -0.25) is 19.6 Å². The molecule has 3 atom stereocenters. The van der Waals surface area contributed by atoms with Crippen LogP contribution in [0.15, 0.2) is 32.6 Å². The van der Waals surface area contributed by atoms with Crippen molar-refractivity contribution in [3.8, 4) is 11.3 Å². The monoisotopic (exact) mass is 377 g/mol. The van der Waals surface area contributed by atoms with E-state index in [1.165, 1.54) is 16.7 Å². The van der Waals surface area contributed by atoms with Gasteiger partial charge >= 0.3 is 5.69 Å². The average Bonchev–Trinajstić information content (AvgIpc) is 2.62. The quantitative estimate of drug-likeness (QED) is 0.276. The Kier molecular flexibility index (Phi) is 4.98. The fourth-order valence-corrected chi connectivity index (χ4v) is 3.00. The van der Waals surface area contributed by atoms with E-state index in [1.54, 1.807) is 13.0 Å². The number of hydrogen-bond donors (Lipinski definition) is 6. The highest BCUT2D eigenvalue weighted by atomic mass is 16.4. The largest absolute Gasteiger partial charge is 0.394 e. The van der Waals surface area contributed by atoms with E-state index < -0.39 is 36.2 Å². The molecular formula is C17H19N3O7. The molecule has 0 unspecified atom stereocenters. The lowest BCUT2D eigenvalue weighted by molar-refractivity contribution is -0.0802. The zero-order valence-corrected chi connectivity index (χ0v) is 14.3. The number of rotatable bonds is 5. The number of nitrogens with zero attached hydrogens (tertiary/aromatic N) is 1. The Balaban J connectivity index is 2.30. The number of hydrogen-bond acceptors (Lipinski definition) is 7. The number of aryl methyl sites for hydroxylation is 1. The lowest BCUT2D eigenvalue weighted by Crippen LogP contribution is -2.42. The fraction of sp³-hybridized carbons (Fsp3) is 0.353. The van der Waals surface area contributed by atoms with Crippen molar-refractivity contribution in [2.45, 2.75) is 31.8 Å². The molecule has 0 amide bonds. The number of aliphatic hydroxyl groups excluding tert-OH is 4. The molecule has 6 N–H and O–H groups in total. The van der Waals surface area contributed by atoms with E-state index >= 15 is 0 Å². The number of aliphatic hydroxyl groups is 4. The number of pyridine rings is 1. The molecule has 1 aliphatic heterocycles. The molecule has 10 nitrogen and oxygen atoms in total. The Labute approximate surface area is 151 Å². The van der Waals surface area contributed by atoms with Crippen molar-refractivity contribution in [3.63, 3.8) is 0 Å². The molecule has 144 valence electrons. The molecule has 27 heavy (non-hydrogen) atoms. The molecule has 0 aromatic carbocycles. The van der Waals surface area contributed by atoms with Crippen molar-refractivity contribution < 1.29 is 20.4 Å². The summed E-state index contributed by atoms with van der Waals surface area (Å²) in [5, 5.41) is 38.8. The first-order valence-corrected chi connectivity index (χ1v) is 8.18. The average molecular weight is 377 g/mol. The van der Waals surface area contributed by atoms with Crippen LogP contribution < -0.4 is 16.7 Å². The topological polar surface area (TPSA) is 169 Å². The number of nitrogens with one attached hydrogen (secondary N) is 2. The predicted molar refractivity (Wildman–Crippen MR) is 95.9 cm³/mol. The van der Waals surface area contributed by atoms with E-state index in [-0.39, 0.29) is 23.0 Å². The molecule has 3 rings (SSSR count). The third kappa shape index (κ3) is 3.43. The predicted octanol–water partition coefficient (Wildman–Crippen LogP) is -2.13. The van der Waals surface area contributed by atoms with Crippen molar-refractivity contribution in [2.24, 2.45) is 0 Å². The van der Waals surface area contributed by atoms with Gasteiger partial charge in [-0.25, -0.2) is 4.79 Å². The van der Waals surface area contributed by atoms with Crippen LogP contribution in [-0.4, -0.2) is 59.9 Å². The van der Waals surface area contributed by atoms with Crippen molar-refractivity contribution in [1.82, 2.24) is 14.5 Å². The number of H-pyrrole nitrogens is 2. The summed E-state index contributed by atoms with van der Waals surface area (Å²) in [6.45, 7) is 0.497. The molecule has 1 aromatic heterocycles. The van der Waals surface area contributed by atoms with Crippen LogP contribution in [0.2, 0.25) is 0 Å². The van der Waals surface area contributed by atoms with Crippen LogP contribution in [-0.2, 0) is 6.54 Å². The van der Waals surface area contributed by atoms with Gasteiger partial charge < -0.3 is 25.0 Å². The molecule has 10 heteroatoms. The van der Waals surface area contributed by atoms with E-state index in [0.717, 1.165) is 0 Å². The van der Waals surface area contributed by atoms with Crippen LogP contribution in [0.3, 0.4) is 0 Å². The summed E-state index contributed by atoms with van der Waals surface area (Å²) < 4.78 is 1.32. The van der Waals surface area contributed by atoms with Gasteiger partial charge in [-0.2, -0.15) is 0 Å². The third-order valence-electron chi connectivity index (χ3n) is 4.49. The van der Waals surface area contributed by atoms with E-state index in [2.05, 4.69) is 9.97 Å². The Hall–Kier alpha value is -2.79. The number of benzene rings is 1. The zero-order chi connectivity index (χ0) is 19.9. The standard InChI is InChI=1S/C17H19N3O7/c1-7-2-8-3-9-15(18-17(27)19-16(9)26)20(10(8)4-11(7)22)5-12(23)14(25)13(24)6-21/h2-4,12-14,21,23-25H,5-6H2,1H3,(H2,18,19,26,27)/t12-,13+,14-/m0/s1. The SMILES string of the molecule is Cc1cc2cc3c(=O)[nH]c(=O)[nH]c3n(C[C@H](O)[C@H](O)[C@H](O)CO)c-2cc1=O. The summed E-state index contributed by atoms with van der Waals surface area (Å²) in [6.07, 6.45) is -4.81. The van der Waals surface area contributed by atoms with Gasteiger partial charge in [0.05, 0.1) is 24.2 Å². The summed E-state index contributed by atoms with van der Waals surface area (Å²) >= 11 is 0. The maximum atomic E-state index is 12.2. The maximum absolute atomic E-state index is 12.2. The number of aromatic amines is 2. The normalized spacial score (nSPS) is 15.1. The smallest absolute Gasteiger partial charge is 0.327 e. The summed E-state index contributed by atoms with van der Waals surface area (Å²) in [5.74, 6) is 0. The Morgan fingerprint density at radius 1 is 1.04 bits per heavy atom. The van der Waals surface area contributed by atoms with Crippen LogP contribution in [0.25, 0.3) is 22.3 Å². The molecular weight excluding hydrogens is 358 g/mol. The highest BCUT2D eigenvalue weighted by Gasteiger charge is 2.26. The van der Waals surface area contributed by atoms with Gasteiger partial charge in [0.2, 0.25) is 0 Å². The van der Waals surface area contributed by atoms with Gasteiger partial charge in [-0.15, -0.1) is 0 Å². The summed E-state index contributed by atoms with van der Waals surface area (Å²) in [7, 11) is 0. The highest BCUT2D eigenvalue weighted by molar-refractivity contribution is 5.83. The molecule has 0 spiro atoms. The first kappa shape index (κ1) is 19.0. The van der Waals surface area contributed by atoms with E-state index in [1.807, 2.05) is 0 Å². The van der Waals surface area contributed by atoms with Gasteiger partial charge in [0, 0.05) is 6.07 Å². The van der Waals surface area contributed by atoms with E-state index in [9.17, 15) is 29.7 Å². The van der Waals surface area contributed by atoms with Gasteiger partial charge in [-0.05, 0) is 30.2 Å². The second-order valence-electron chi connectivity index (χ2n) is 6.41. The summed E-state index contributed by atoms with van der Waals surface area (Å²) in [4.78, 5) is 40.6. The summed E-state index contributed by atoms with van der Waals surface area (Å²) in [5.41, 5.74) is -0.382. The first-order chi connectivity index (χ1) is 12.7. The minimum atomic E-state index is -1.68. The maximum Gasteiger partial charge on any atom is 0.327 e. The lowest BCUT2D eigenvalue weighted by Gasteiger charge is -2.25. The van der Waals surface area contributed by atoms with Crippen molar-refractivity contribution >= 4 is 11.0 Å². The van der Waals surface area contributed by atoms with E-state index in [4.69, 9.17) is 5.11 Å². The Morgan fingerprint density at radius 3 is 2.41 bits per heavy atom. The Morgan fingerprint density at radius 2 is 1.74 bits per heavy atom. The van der Waals surface area contributed by atoms with Gasteiger partial charge in [-0.1, -0.05) is 0 Å². The van der Waals surface area contributed by atoms with Crippen LogP contribution in [0.5, 0.6) is 0 Å². The first-order valence-electron chi connectivity index (χ1n) is 8.18. The molecule has 0 radical (unpaired) electrons. The van der Waals surface area contributed by atoms with Gasteiger partial charge in [0.25, 0.3) is 5.56 Å². The lowest BCUT2D eigenvalue weighted by atomic mass is 10.0. The molecule has 0 fully saturated rings. The third-order valence-corrected chi connectivity index (χ3v) is 4.49. The molecule has 1 aliphatic carbocycles. The number of aromatic nitrogens is 3. The number of fused-ring (bicyclic) bond motifs is 2. The summed E-state index contributed by atoms with van der Waals surface area (Å²) in [6, 6.07) is 4.38. The molecule has 0 saturated heterocycles. The van der Waals surface area contributed by atoms with Crippen LogP contribution in [0, 0.1) is 6.92 Å². The highest BCUT2D eigenvalue weighted by Crippen LogP contribution is 2.26. The van der Waals surface area contributed by atoms with Crippen molar-refractivity contribution in [2.75, 3.05) is 6.61 Å². The molecule has 2 aliphatic rings. The zero-order valence-electron chi connectivity index (χ0n) is 14.3.